The van der Waals surface area contributed by atoms with Crippen molar-refractivity contribution in [3.05, 3.63) is 71.3 Å². The fourth-order valence-electron chi connectivity index (χ4n) is 6.33. The zero-order valence-electron chi connectivity index (χ0n) is 22.7. The Bertz CT molecular complexity index is 1100. The van der Waals surface area contributed by atoms with Crippen molar-refractivity contribution in [2.75, 3.05) is 26.8 Å². The maximum absolute atomic E-state index is 14.1. The fourth-order valence-corrected chi connectivity index (χ4v) is 6.33. The summed E-state index contributed by atoms with van der Waals surface area (Å²) < 4.78 is 12.5. The van der Waals surface area contributed by atoms with Crippen molar-refractivity contribution in [3.8, 4) is 0 Å². The lowest BCUT2D eigenvalue weighted by molar-refractivity contribution is -0.139. The molecule has 2 aromatic carbocycles. The van der Waals surface area contributed by atoms with E-state index in [1.54, 1.807) is 7.05 Å². The number of carbonyl (C=O) groups is 2. The Labute approximate surface area is 226 Å². The molecule has 7 heteroatoms. The van der Waals surface area contributed by atoms with Gasteiger partial charge in [0.15, 0.2) is 0 Å². The Balaban J connectivity index is 1.42. The highest BCUT2D eigenvalue weighted by Crippen LogP contribution is 2.41. The number of benzene rings is 2. The van der Waals surface area contributed by atoms with Crippen LogP contribution in [-0.2, 0) is 24.8 Å². The number of likely N-dealkylation sites (N-methyl/N-ethyl adjacent to an activating group) is 1. The molecular weight excluding hydrogens is 478 g/mol. The first-order valence-corrected chi connectivity index (χ1v) is 14.3. The lowest BCUT2D eigenvalue weighted by Crippen LogP contribution is -2.55. The summed E-state index contributed by atoms with van der Waals surface area (Å²) in [4.78, 5) is 29.0. The molecule has 2 amide bonds. The van der Waals surface area contributed by atoms with Gasteiger partial charge in [-0.2, -0.15) is 0 Å². The van der Waals surface area contributed by atoms with Crippen LogP contribution in [0.5, 0.6) is 0 Å². The van der Waals surface area contributed by atoms with E-state index in [1.165, 1.54) is 6.42 Å². The molecule has 0 spiro atoms. The van der Waals surface area contributed by atoms with Gasteiger partial charge in [0.1, 0.15) is 6.04 Å². The number of hydrogen-bond donors (Lipinski definition) is 2. The number of carbonyl (C=O) groups excluding carboxylic acids is 2. The smallest absolute Gasteiger partial charge is 0.245 e. The quantitative estimate of drug-likeness (QED) is 0.545. The Kier molecular flexibility index (Phi) is 8.46. The second-order valence-corrected chi connectivity index (χ2v) is 10.9. The number of likely N-dealkylation sites (tertiary alicyclic amines) is 1. The molecule has 2 aromatic rings. The number of rotatable bonds is 8. The van der Waals surface area contributed by atoms with Gasteiger partial charge < -0.3 is 25.0 Å². The molecule has 1 aliphatic carbocycles. The first-order valence-electron chi connectivity index (χ1n) is 14.3. The summed E-state index contributed by atoms with van der Waals surface area (Å²) in [7, 11) is 1.77. The van der Waals surface area contributed by atoms with Crippen molar-refractivity contribution in [2.45, 2.75) is 75.8 Å². The van der Waals surface area contributed by atoms with Gasteiger partial charge in [-0.1, -0.05) is 67.8 Å². The van der Waals surface area contributed by atoms with Crippen LogP contribution in [0.4, 0.5) is 0 Å². The third-order valence-corrected chi connectivity index (χ3v) is 8.55. The summed E-state index contributed by atoms with van der Waals surface area (Å²) in [6, 6.07) is 17.5. The molecule has 2 aliphatic heterocycles. The van der Waals surface area contributed by atoms with Crippen LogP contribution < -0.4 is 10.6 Å². The molecule has 2 saturated heterocycles. The Morgan fingerprint density at radius 1 is 0.921 bits per heavy atom. The number of nitrogens with one attached hydrogen (secondary N) is 2. The van der Waals surface area contributed by atoms with Gasteiger partial charge in [0, 0.05) is 17.7 Å². The molecule has 1 saturated carbocycles. The first-order chi connectivity index (χ1) is 18.5. The van der Waals surface area contributed by atoms with E-state index in [4.69, 9.17) is 9.47 Å². The van der Waals surface area contributed by atoms with Gasteiger partial charge in [-0.05, 0) is 57.2 Å². The van der Waals surface area contributed by atoms with E-state index in [2.05, 4.69) is 22.8 Å². The van der Waals surface area contributed by atoms with Crippen molar-refractivity contribution < 1.29 is 19.1 Å². The first kappa shape index (κ1) is 26.9. The van der Waals surface area contributed by atoms with Gasteiger partial charge in [0.05, 0.1) is 25.3 Å². The minimum atomic E-state index is -0.938. The minimum Gasteiger partial charge on any atom is -0.343 e. The largest absolute Gasteiger partial charge is 0.343 e. The van der Waals surface area contributed by atoms with Crippen LogP contribution >= 0.6 is 0 Å². The third-order valence-electron chi connectivity index (χ3n) is 8.55. The summed E-state index contributed by atoms with van der Waals surface area (Å²) in [5.74, 6) is -0.826. The van der Waals surface area contributed by atoms with E-state index in [9.17, 15) is 9.59 Å². The monoisotopic (exact) mass is 519 g/mol. The van der Waals surface area contributed by atoms with Crippen LogP contribution in [0.3, 0.4) is 0 Å². The molecule has 204 valence electrons. The lowest BCUT2D eigenvalue weighted by atomic mass is 9.83. The normalized spacial score (nSPS) is 23.2. The van der Waals surface area contributed by atoms with E-state index < -0.39 is 11.8 Å². The van der Waals surface area contributed by atoms with E-state index in [0.717, 1.165) is 55.2 Å². The topological polar surface area (TPSA) is 79.9 Å². The molecule has 3 atom stereocenters. The molecule has 3 fully saturated rings. The predicted octanol–water partition coefficient (Wildman–Crippen LogP) is 4.27. The second kappa shape index (κ2) is 12.0. The molecule has 0 bridgehead atoms. The highest BCUT2D eigenvalue weighted by atomic mass is 16.7. The zero-order valence-corrected chi connectivity index (χ0v) is 22.7. The number of ether oxygens (including phenoxy) is 2. The maximum Gasteiger partial charge on any atom is 0.245 e. The van der Waals surface area contributed by atoms with E-state index in [1.807, 2.05) is 54.3 Å². The van der Waals surface area contributed by atoms with Gasteiger partial charge in [-0.3, -0.25) is 9.59 Å². The van der Waals surface area contributed by atoms with Crippen LogP contribution in [-0.4, -0.2) is 55.6 Å². The van der Waals surface area contributed by atoms with Crippen LogP contribution in [0.1, 0.15) is 74.6 Å². The molecule has 0 aromatic heterocycles. The number of amides is 2. The zero-order chi connectivity index (χ0) is 26.5. The number of hydrogen-bond acceptors (Lipinski definition) is 5. The van der Waals surface area contributed by atoms with Crippen molar-refractivity contribution >= 4 is 11.8 Å². The summed E-state index contributed by atoms with van der Waals surface area (Å²) >= 11 is 0. The van der Waals surface area contributed by atoms with Crippen molar-refractivity contribution in [2.24, 2.45) is 5.92 Å². The Morgan fingerprint density at radius 3 is 2.34 bits per heavy atom. The van der Waals surface area contributed by atoms with E-state index in [0.29, 0.717) is 19.8 Å². The van der Waals surface area contributed by atoms with Crippen LogP contribution in [0.25, 0.3) is 0 Å². The Morgan fingerprint density at radius 2 is 1.63 bits per heavy atom. The molecule has 38 heavy (non-hydrogen) atoms. The van der Waals surface area contributed by atoms with Gasteiger partial charge in [-0.25, -0.2) is 0 Å². The third kappa shape index (κ3) is 5.37. The van der Waals surface area contributed by atoms with Crippen LogP contribution in [0, 0.1) is 5.92 Å². The highest BCUT2D eigenvalue weighted by molar-refractivity contribution is 5.90. The molecule has 0 unspecified atom stereocenters. The molecular formula is C31H41N3O4. The maximum atomic E-state index is 14.1. The predicted molar refractivity (Wildman–Crippen MR) is 146 cm³/mol. The molecule has 0 radical (unpaired) electrons. The summed E-state index contributed by atoms with van der Waals surface area (Å²) in [5, 5.41) is 6.14. The molecule has 3 aliphatic rings. The standard InChI is InChI=1S/C31H41N3O4/c1-22(32-2)29(35)33-28(23-11-5-3-6-12-23)30(36)34-18-10-17-27(34)24-13-9-16-26(21-24)31(37-19-20-38-31)25-14-7-4-8-15-25/h4,7-9,13-16,21-23,27-28,32H,3,5-6,10-12,17-20H2,1-2H3,(H,33,35)/t22-,27-,28-/m0/s1. The summed E-state index contributed by atoms with van der Waals surface area (Å²) in [6.07, 6.45) is 7.21. The van der Waals surface area contributed by atoms with E-state index >= 15 is 0 Å². The lowest BCUT2D eigenvalue weighted by Gasteiger charge is -2.36. The average Bonchev–Trinajstić information content (AvgIpc) is 3.67. The minimum absolute atomic E-state index is 0.0404. The van der Waals surface area contributed by atoms with Crippen molar-refractivity contribution in [1.82, 2.24) is 15.5 Å². The second-order valence-electron chi connectivity index (χ2n) is 10.9. The molecule has 5 rings (SSSR count). The van der Waals surface area contributed by atoms with E-state index in [-0.39, 0.29) is 29.8 Å². The number of nitrogens with zero attached hydrogens (tertiary/aromatic N) is 1. The van der Waals surface area contributed by atoms with Gasteiger partial charge >= 0.3 is 0 Å². The van der Waals surface area contributed by atoms with Crippen LogP contribution in [0.15, 0.2) is 54.6 Å². The summed E-state index contributed by atoms with van der Waals surface area (Å²) in [6.45, 7) is 3.59. The molecule has 2 heterocycles. The molecule has 7 nitrogen and oxygen atoms in total. The SMILES string of the molecule is CN[C@@H](C)C(=O)N[C@H](C(=O)N1CCC[C@H]1c1cccc(C2(c3ccccc3)OCCO2)c1)C1CCCCC1. The van der Waals surface area contributed by atoms with Gasteiger partial charge in [0.2, 0.25) is 17.6 Å². The van der Waals surface area contributed by atoms with Crippen molar-refractivity contribution in [3.63, 3.8) is 0 Å². The van der Waals surface area contributed by atoms with Crippen molar-refractivity contribution in [1.29, 1.82) is 0 Å². The highest BCUT2D eigenvalue weighted by Gasteiger charge is 2.42. The average molecular weight is 520 g/mol. The van der Waals surface area contributed by atoms with Crippen LogP contribution in [0.2, 0.25) is 0 Å². The summed E-state index contributed by atoms with van der Waals surface area (Å²) in [5.41, 5.74) is 2.99. The fraction of sp³-hybridized carbons (Fsp3) is 0.548. The Hall–Kier alpha value is -2.74. The molecule has 2 N–H and O–H groups in total. The van der Waals surface area contributed by atoms with Gasteiger partial charge in [-0.15, -0.1) is 0 Å². The van der Waals surface area contributed by atoms with Gasteiger partial charge in [0.25, 0.3) is 0 Å².